The first-order valence-electron chi connectivity index (χ1n) is 14.2. The van der Waals surface area contributed by atoms with E-state index in [1.54, 1.807) is 0 Å². The van der Waals surface area contributed by atoms with Gasteiger partial charge in [0.2, 0.25) is 5.91 Å². The number of benzene rings is 2. The molecule has 2 aliphatic rings. The number of nitrogens with one attached hydrogen (secondary N) is 4. The van der Waals surface area contributed by atoms with Gasteiger partial charge in [-0.15, -0.1) is 0 Å². The molecule has 0 aromatic heterocycles. The SMILES string of the molecule is COC(=O)N[C@@H](Cc1ccccc1)C(=O)NC(CCCN1C(=N)NC(CC(C)C)(c2ccccc2)C1=O)C1CC1. The fraction of sp³-hybridized carbons (Fsp3) is 0.484. The van der Waals surface area contributed by atoms with Gasteiger partial charge >= 0.3 is 6.09 Å². The largest absolute Gasteiger partial charge is 0.453 e. The fourth-order valence-corrected chi connectivity index (χ4v) is 5.59. The van der Waals surface area contributed by atoms with Crippen molar-refractivity contribution >= 4 is 23.9 Å². The van der Waals surface area contributed by atoms with Crippen LogP contribution < -0.4 is 16.0 Å². The monoisotopic (exact) mass is 547 g/mol. The van der Waals surface area contributed by atoms with Gasteiger partial charge in [0.1, 0.15) is 11.6 Å². The van der Waals surface area contributed by atoms with Crippen molar-refractivity contribution in [2.45, 2.75) is 70.0 Å². The number of carbonyl (C=O) groups excluding carboxylic acids is 3. The van der Waals surface area contributed by atoms with E-state index in [9.17, 15) is 14.4 Å². The zero-order chi connectivity index (χ0) is 28.7. The van der Waals surface area contributed by atoms with E-state index < -0.39 is 17.7 Å². The third-order valence-electron chi connectivity index (χ3n) is 7.69. The van der Waals surface area contributed by atoms with Crippen LogP contribution in [-0.2, 0) is 26.3 Å². The number of hydrogen-bond acceptors (Lipinski definition) is 5. The molecule has 9 heteroatoms. The molecule has 40 heavy (non-hydrogen) atoms. The Morgan fingerprint density at radius 2 is 1.73 bits per heavy atom. The van der Waals surface area contributed by atoms with Crippen molar-refractivity contribution < 1.29 is 19.1 Å². The minimum atomic E-state index is -0.944. The number of carbonyl (C=O) groups is 3. The van der Waals surface area contributed by atoms with Gasteiger partial charge in [-0.3, -0.25) is 19.9 Å². The third-order valence-corrected chi connectivity index (χ3v) is 7.69. The predicted molar refractivity (Wildman–Crippen MR) is 154 cm³/mol. The Balaban J connectivity index is 1.40. The molecule has 9 nitrogen and oxygen atoms in total. The molecule has 0 bridgehead atoms. The minimum absolute atomic E-state index is 0.0698. The van der Waals surface area contributed by atoms with Crippen LogP contribution in [0.1, 0.15) is 57.1 Å². The van der Waals surface area contributed by atoms with Crippen molar-refractivity contribution in [3.63, 3.8) is 0 Å². The zero-order valence-corrected chi connectivity index (χ0v) is 23.6. The third kappa shape index (κ3) is 7.00. The molecule has 1 aliphatic carbocycles. The molecule has 1 saturated carbocycles. The van der Waals surface area contributed by atoms with E-state index in [0.717, 1.165) is 24.0 Å². The molecule has 4 N–H and O–H groups in total. The smallest absolute Gasteiger partial charge is 0.407 e. The lowest BCUT2D eigenvalue weighted by atomic mass is 9.82. The molecule has 3 amide bonds. The summed E-state index contributed by atoms with van der Waals surface area (Å²) >= 11 is 0. The lowest BCUT2D eigenvalue weighted by Gasteiger charge is -2.29. The highest BCUT2D eigenvalue weighted by Gasteiger charge is 2.50. The number of nitrogens with zero attached hydrogens (tertiary/aromatic N) is 1. The second-order valence-corrected chi connectivity index (χ2v) is 11.3. The number of rotatable bonds is 13. The van der Waals surface area contributed by atoms with E-state index in [1.165, 1.54) is 12.0 Å². The van der Waals surface area contributed by atoms with Crippen molar-refractivity contribution in [2.24, 2.45) is 11.8 Å². The van der Waals surface area contributed by atoms with Crippen LogP contribution in [0.3, 0.4) is 0 Å². The van der Waals surface area contributed by atoms with Gasteiger partial charge in [-0.25, -0.2) is 4.79 Å². The van der Waals surface area contributed by atoms with Gasteiger partial charge in [-0.05, 0) is 55.1 Å². The van der Waals surface area contributed by atoms with Crippen LogP contribution >= 0.6 is 0 Å². The summed E-state index contributed by atoms with van der Waals surface area (Å²) in [7, 11) is 1.28. The molecule has 0 radical (unpaired) electrons. The topological polar surface area (TPSA) is 124 Å². The van der Waals surface area contributed by atoms with E-state index in [1.807, 2.05) is 60.7 Å². The van der Waals surface area contributed by atoms with Gasteiger partial charge in [0.15, 0.2) is 5.96 Å². The second kappa shape index (κ2) is 13.0. The molecule has 1 aliphatic heterocycles. The number of hydrogen-bond donors (Lipinski definition) is 4. The summed E-state index contributed by atoms with van der Waals surface area (Å²) in [4.78, 5) is 40.6. The Bertz CT molecular complexity index is 1180. The Kier molecular flexibility index (Phi) is 9.45. The average Bonchev–Trinajstić information content (AvgIpc) is 3.76. The maximum Gasteiger partial charge on any atom is 0.407 e. The summed E-state index contributed by atoms with van der Waals surface area (Å²) in [6, 6.07) is 18.3. The molecule has 1 saturated heterocycles. The minimum Gasteiger partial charge on any atom is -0.453 e. The molecule has 0 spiro atoms. The van der Waals surface area contributed by atoms with Gasteiger partial charge in [0, 0.05) is 19.0 Å². The first-order chi connectivity index (χ1) is 19.2. The molecular weight excluding hydrogens is 506 g/mol. The predicted octanol–water partition coefficient (Wildman–Crippen LogP) is 3.94. The Morgan fingerprint density at radius 1 is 1.07 bits per heavy atom. The molecule has 2 unspecified atom stereocenters. The number of alkyl carbamates (subject to hydrolysis) is 1. The van der Waals surface area contributed by atoms with Gasteiger partial charge in [-0.2, -0.15) is 0 Å². The van der Waals surface area contributed by atoms with Gasteiger partial charge < -0.3 is 20.7 Å². The number of methoxy groups -OCH3 is 1. The summed E-state index contributed by atoms with van der Waals surface area (Å²) in [6.07, 6.45) is 3.66. The van der Waals surface area contributed by atoms with Crippen LogP contribution in [0.25, 0.3) is 0 Å². The zero-order valence-electron chi connectivity index (χ0n) is 23.6. The van der Waals surface area contributed by atoms with Crippen LogP contribution in [0.5, 0.6) is 0 Å². The van der Waals surface area contributed by atoms with Crippen molar-refractivity contribution in [2.75, 3.05) is 13.7 Å². The van der Waals surface area contributed by atoms with Gasteiger partial charge in [0.05, 0.1) is 7.11 Å². The van der Waals surface area contributed by atoms with Crippen molar-refractivity contribution in [3.8, 4) is 0 Å². The summed E-state index contributed by atoms with van der Waals surface area (Å²) in [5.74, 6) is 0.385. The number of guanidine groups is 1. The van der Waals surface area contributed by atoms with Gasteiger partial charge in [0.25, 0.3) is 5.91 Å². The number of ether oxygens (including phenoxy) is 1. The van der Waals surface area contributed by atoms with Crippen molar-refractivity contribution in [3.05, 3.63) is 71.8 Å². The van der Waals surface area contributed by atoms with Crippen molar-refractivity contribution in [1.29, 1.82) is 5.41 Å². The lowest BCUT2D eigenvalue weighted by Crippen LogP contribution is -2.51. The Morgan fingerprint density at radius 3 is 2.33 bits per heavy atom. The molecule has 2 aromatic carbocycles. The summed E-state index contributed by atoms with van der Waals surface area (Å²) in [5.41, 5.74) is 0.858. The first kappa shape index (κ1) is 29.1. The molecule has 1 heterocycles. The fourth-order valence-electron chi connectivity index (χ4n) is 5.59. The normalized spacial score (nSPS) is 20.1. The maximum atomic E-state index is 13.8. The molecule has 3 atom stereocenters. The van der Waals surface area contributed by atoms with E-state index in [-0.39, 0.29) is 29.7 Å². The lowest BCUT2D eigenvalue weighted by molar-refractivity contribution is -0.132. The average molecular weight is 548 g/mol. The van der Waals surface area contributed by atoms with E-state index in [0.29, 0.717) is 38.1 Å². The quantitative estimate of drug-likeness (QED) is 0.303. The maximum absolute atomic E-state index is 13.8. The highest BCUT2D eigenvalue weighted by atomic mass is 16.5. The summed E-state index contributed by atoms with van der Waals surface area (Å²) in [6.45, 7) is 4.55. The standard InChI is InChI=1S/C31H41N5O4/c1-21(2)20-31(24-13-8-5-9-14-24)28(38)36(29(32)35-31)18-10-15-25(23-16-17-23)33-27(37)26(34-30(39)40-3)19-22-11-6-4-7-12-22/h4-9,11-14,21,23,25-26H,10,15-20H2,1-3H3,(H2,32,35)(H,33,37)(H,34,39)/t25?,26-,31?/m0/s1. The molecule has 4 rings (SSSR count). The molecule has 2 aromatic rings. The van der Waals surface area contributed by atoms with E-state index in [4.69, 9.17) is 10.1 Å². The van der Waals surface area contributed by atoms with Gasteiger partial charge in [-0.1, -0.05) is 74.5 Å². The van der Waals surface area contributed by atoms with Crippen LogP contribution in [0.2, 0.25) is 0 Å². The highest BCUT2D eigenvalue weighted by Crippen LogP contribution is 2.37. The molecule has 214 valence electrons. The van der Waals surface area contributed by atoms with E-state index >= 15 is 0 Å². The first-order valence-corrected chi connectivity index (χ1v) is 14.2. The number of amides is 3. The van der Waals surface area contributed by atoms with Crippen LogP contribution in [0, 0.1) is 17.2 Å². The second-order valence-electron chi connectivity index (χ2n) is 11.3. The molecular formula is C31H41N5O4. The molecule has 2 fully saturated rings. The van der Waals surface area contributed by atoms with Crippen LogP contribution in [-0.4, -0.2) is 54.5 Å². The van der Waals surface area contributed by atoms with Crippen LogP contribution in [0.15, 0.2) is 60.7 Å². The Labute approximate surface area is 236 Å². The summed E-state index contributed by atoms with van der Waals surface area (Å²) in [5, 5.41) is 17.7. The van der Waals surface area contributed by atoms with Crippen LogP contribution in [0.4, 0.5) is 4.79 Å². The highest BCUT2D eigenvalue weighted by molar-refractivity contribution is 6.08. The van der Waals surface area contributed by atoms with E-state index in [2.05, 4.69) is 29.8 Å². The Hall–Kier alpha value is -3.88. The summed E-state index contributed by atoms with van der Waals surface area (Å²) < 4.78 is 4.75. The van der Waals surface area contributed by atoms with Crippen molar-refractivity contribution in [1.82, 2.24) is 20.9 Å².